The normalized spacial score (nSPS) is 11.9. The Morgan fingerprint density at radius 1 is 0.973 bits per heavy atom. The number of carboxylic acid groups (broad SMARTS) is 1. The standard InChI is InChI=1S/C25H35N5O6S/c1-4-23(31)26-15-6-5-12-20(29-25(33)34)24(32)27-16-9-17-28-37(35,36)22-14-8-10-18-19(22)11-7-13-21(18)30(2)3/h4,7-8,10-11,13-14,20,28-29H,1,5-6,9,12,15-17H2,2-3H3,(H,26,31)(H,27,32)(H,33,34). The van der Waals surface area contributed by atoms with Crippen LogP contribution in [0.15, 0.2) is 53.9 Å². The molecule has 2 aromatic carbocycles. The summed E-state index contributed by atoms with van der Waals surface area (Å²) in [5.41, 5.74) is 0.906. The molecule has 0 heterocycles. The summed E-state index contributed by atoms with van der Waals surface area (Å²) in [7, 11) is -0.0120. The van der Waals surface area contributed by atoms with E-state index in [-0.39, 0.29) is 30.3 Å². The van der Waals surface area contributed by atoms with E-state index in [2.05, 4.69) is 27.3 Å². The summed E-state index contributed by atoms with van der Waals surface area (Å²) in [6.07, 6.45) is 1.48. The minimum Gasteiger partial charge on any atom is -0.465 e. The highest BCUT2D eigenvalue weighted by molar-refractivity contribution is 7.89. The van der Waals surface area contributed by atoms with Crippen molar-refractivity contribution < 1.29 is 27.9 Å². The molecule has 0 radical (unpaired) electrons. The molecular formula is C25H35N5O6S. The Balaban J connectivity index is 1.87. The first kappa shape index (κ1) is 29.6. The van der Waals surface area contributed by atoms with Gasteiger partial charge in [-0.2, -0.15) is 0 Å². The highest BCUT2D eigenvalue weighted by atomic mass is 32.2. The predicted molar refractivity (Wildman–Crippen MR) is 143 cm³/mol. The first-order chi connectivity index (χ1) is 17.6. The van der Waals surface area contributed by atoms with E-state index in [1.165, 1.54) is 0 Å². The number of amides is 3. The van der Waals surface area contributed by atoms with Gasteiger partial charge in [-0.05, 0) is 43.9 Å². The van der Waals surface area contributed by atoms with Crippen molar-refractivity contribution in [2.75, 3.05) is 38.6 Å². The largest absolute Gasteiger partial charge is 0.465 e. The van der Waals surface area contributed by atoms with Crippen LogP contribution in [0.2, 0.25) is 0 Å². The van der Waals surface area contributed by atoms with E-state index in [4.69, 9.17) is 5.11 Å². The number of hydrogen-bond acceptors (Lipinski definition) is 6. The first-order valence-corrected chi connectivity index (χ1v) is 13.4. The molecule has 0 spiro atoms. The van der Waals surface area contributed by atoms with E-state index in [1.807, 2.05) is 37.2 Å². The highest BCUT2D eigenvalue weighted by Crippen LogP contribution is 2.30. The zero-order chi connectivity index (χ0) is 27.4. The molecule has 5 N–H and O–H groups in total. The van der Waals surface area contributed by atoms with Crippen molar-refractivity contribution in [1.29, 1.82) is 0 Å². The number of sulfonamides is 1. The number of nitrogens with one attached hydrogen (secondary N) is 4. The summed E-state index contributed by atoms with van der Waals surface area (Å²) < 4.78 is 28.5. The zero-order valence-corrected chi connectivity index (χ0v) is 21.9. The molecule has 0 aromatic heterocycles. The maximum Gasteiger partial charge on any atom is 0.405 e. The van der Waals surface area contributed by atoms with Crippen LogP contribution in [0.4, 0.5) is 10.5 Å². The topological polar surface area (TPSA) is 157 Å². The van der Waals surface area contributed by atoms with Crippen molar-refractivity contribution in [2.24, 2.45) is 0 Å². The average molecular weight is 534 g/mol. The van der Waals surface area contributed by atoms with Gasteiger partial charge in [-0.15, -0.1) is 0 Å². The molecule has 11 nitrogen and oxygen atoms in total. The molecule has 1 unspecified atom stereocenters. The number of carbonyl (C=O) groups excluding carboxylic acids is 2. The number of hydrogen-bond donors (Lipinski definition) is 5. The molecule has 0 saturated carbocycles. The van der Waals surface area contributed by atoms with Crippen LogP contribution in [-0.4, -0.2) is 71.2 Å². The molecular weight excluding hydrogens is 498 g/mol. The van der Waals surface area contributed by atoms with Gasteiger partial charge in [0.1, 0.15) is 6.04 Å². The van der Waals surface area contributed by atoms with E-state index >= 15 is 0 Å². The van der Waals surface area contributed by atoms with Crippen molar-refractivity contribution in [2.45, 2.75) is 36.6 Å². The molecule has 0 saturated heterocycles. The summed E-state index contributed by atoms with van der Waals surface area (Å²) in [4.78, 5) is 36.8. The molecule has 37 heavy (non-hydrogen) atoms. The van der Waals surface area contributed by atoms with Crippen LogP contribution >= 0.6 is 0 Å². The minimum absolute atomic E-state index is 0.0897. The molecule has 0 fully saturated rings. The Kier molecular flexibility index (Phi) is 11.3. The van der Waals surface area contributed by atoms with Gasteiger partial charge in [0.25, 0.3) is 0 Å². The lowest BCUT2D eigenvalue weighted by atomic mass is 10.1. The lowest BCUT2D eigenvalue weighted by molar-refractivity contribution is -0.123. The third-order valence-corrected chi connectivity index (χ3v) is 7.11. The number of fused-ring (bicyclic) bond motifs is 1. The highest BCUT2D eigenvalue weighted by Gasteiger charge is 2.21. The number of nitrogens with zero attached hydrogens (tertiary/aromatic N) is 1. The fraction of sp³-hybridized carbons (Fsp3) is 0.400. The van der Waals surface area contributed by atoms with Gasteiger partial charge in [0.05, 0.1) is 4.90 Å². The predicted octanol–water partition coefficient (Wildman–Crippen LogP) is 1.80. The number of rotatable bonds is 15. The van der Waals surface area contributed by atoms with Gasteiger partial charge in [-0.1, -0.05) is 30.8 Å². The maximum absolute atomic E-state index is 13.0. The van der Waals surface area contributed by atoms with Crippen molar-refractivity contribution >= 4 is 44.4 Å². The maximum atomic E-state index is 13.0. The van der Waals surface area contributed by atoms with Crippen LogP contribution < -0.4 is 25.6 Å². The number of carbonyl (C=O) groups is 3. The van der Waals surface area contributed by atoms with Gasteiger partial charge in [0, 0.05) is 50.2 Å². The molecule has 0 bridgehead atoms. The van der Waals surface area contributed by atoms with Gasteiger partial charge in [0.2, 0.25) is 21.8 Å². The van der Waals surface area contributed by atoms with Crippen molar-refractivity contribution in [3.05, 3.63) is 49.1 Å². The first-order valence-electron chi connectivity index (χ1n) is 11.9. The number of anilines is 1. The third-order valence-electron chi connectivity index (χ3n) is 5.59. The second-order valence-corrected chi connectivity index (χ2v) is 10.3. The van der Waals surface area contributed by atoms with Crippen LogP contribution in [0.5, 0.6) is 0 Å². The Labute approximate surface area is 217 Å². The van der Waals surface area contributed by atoms with Crippen LogP contribution in [0.25, 0.3) is 10.8 Å². The molecule has 1 atom stereocenters. The molecule has 3 amide bonds. The van der Waals surface area contributed by atoms with E-state index in [0.717, 1.165) is 17.1 Å². The van der Waals surface area contributed by atoms with E-state index in [0.29, 0.717) is 31.2 Å². The smallest absolute Gasteiger partial charge is 0.405 e. The summed E-state index contributed by atoms with van der Waals surface area (Å²) in [6.45, 7) is 3.99. The Morgan fingerprint density at radius 2 is 1.65 bits per heavy atom. The fourth-order valence-electron chi connectivity index (χ4n) is 3.77. The number of benzene rings is 2. The monoisotopic (exact) mass is 533 g/mol. The molecule has 12 heteroatoms. The summed E-state index contributed by atoms with van der Waals surface area (Å²) in [5, 5.41) is 17.9. The fourth-order valence-corrected chi connectivity index (χ4v) is 5.07. The molecule has 202 valence electrons. The second kappa shape index (κ2) is 14.2. The lowest BCUT2D eigenvalue weighted by Crippen LogP contribution is -2.46. The Bertz CT molecular complexity index is 1220. The van der Waals surface area contributed by atoms with Gasteiger partial charge < -0.3 is 26.0 Å². The van der Waals surface area contributed by atoms with Gasteiger partial charge >= 0.3 is 6.09 Å². The summed E-state index contributed by atoms with van der Waals surface area (Å²) in [6, 6.07) is 9.67. The van der Waals surface area contributed by atoms with Gasteiger partial charge in [-0.25, -0.2) is 17.9 Å². The van der Waals surface area contributed by atoms with Crippen LogP contribution in [0, 0.1) is 0 Å². The lowest BCUT2D eigenvalue weighted by Gasteiger charge is -2.17. The summed E-state index contributed by atoms with van der Waals surface area (Å²) in [5.74, 6) is -0.794. The van der Waals surface area contributed by atoms with Crippen LogP contribution in [0.3, 0.4) is 0 Å². The SMILES string of the molecule is C=CC(=O)NCCCCC(NC(=O)O)C(=O)NCCCNS(=O)(=O)c1cccc2c(N(C)C)cccc12. The molecule has 2 aromatic rings. The van der Waals surface area contributed by atoms with E-state index in [1.54, 1.807) is 18.2 Å². The van der Waals surface area contributed by atoms with Crippen LogP contribution in [0.1, 0.15) is 25.7 Å². The molecule has 0 aliphatic carbocycles. The summed E-state index contributed by atoms with van der Waals surface area (Å²) >= 11 is 0. The van der Waals surface area contributed by atoms with E-state index < -0.39 is 28.1 Å². The third kappa shape index (κ3) is 9.07. The number of unbranched alkanes of at least 4 members (excludes halogenated alkanes) is 1. The Hall–Kier alpha value is -3.64. The Morgan fingerprint density at radius 3 is 2.32 bits per heavy atom. The van der Waals surface area contributed by atoms with Crippen molar-refractivity contribution in [3.8, 4) is 0 Å². The van der Waals surface area contributed by atoms with Crippen molar-refractivity contribution in [3.63, 3.8) is 0 Å². The second-order valence-electron chi connectivity index (χ2n) is 8.56. The zero-order valence-electron chi connectivity index (χ0n) is 21.1. The van der Waals surface area contributed by atoms with Gasteiger partial charge in [0.15, 0.2) is 0 Å². The van der Waals surface area contributed by atoms with Crippen LogP contribution in [-0.2, 0) is 19.6 Å². The minimum atomic E-state index is -3.80. The van der Waals surface area contributed by atoms with Gasteiger partial charge in [-0.3, -0.25) is 9.59 Å². The average Bonchev–Trinajstić information content (AvgIpc) is 2.86. The molecule has 2 rings (SSSR count). The van der Waals surface area contributed by atoms with E-state index in [9.17, 15) is 22.8 Å². The molecule has 0 aliphatic rings. The quantitative estimate of drug-likeness (QED) is 0.173. The molecule has 0 aliphatic heterocycles. The van der Waals surface area contributed by atoms with Crippen molar-refractivity contribution in [1.82, 2.24) is 20.7 Å².